The molecule has 0 bridgehead atoms. The fraction of sp³-hybridized carbons (Fsp3) is 0.636. The Morgan fingerprint density at radius 3 is 2.62 bits per heavy atom. The van der Waals surface area contributed by atoms with Gasteiger partial charge in [0.15, 0.2) is 5.96 Å². The fourth-order valence-electron chi connectivity index (χ4n) is 1.29. The lowest BCUT2D eigenvalue weighted by Crippen LogP contribution is -2.37. The molecule has 4 nitrogen and oxygen atoms in total. The van der Waals surface area contributed by atoms with Crippen molar-refractivity contribution in [3.05, 3.63) is 16.6 Å². The molecule has 0 saturated heterocycles. The first-order valence-corrected chi connectivity index (χ1v) is 6.57. The first kappa shape index (κ1) is 13.0. The van der Waals surface area contributed by atoms with Crippen LogP contribution in [-0.4, -0.2) is 30.6 Å². The van der Waals surface area contributed by atoms with Crippen molar-refractivity contribution in [1.82, 2.24) is 15.6 Å². The van der Waals surface area contributed by atoms with Crippen LogP contribution in [0.15, 0.2) is 16.6 Å². The van der Waals surface area contributed by atoms with E-state index in [0.29, 0.717) is 5.92 Å². The van der Waals surface area contributed by atoms with Crippen LogP contribution in [0.1, 0.15) is 31.7 Å². The number of thiazole rings is 1. The highest BCUT2D eigenvalue weighted by Gasteiger charge is 2.07. The van der Waals surface area contributed by atoms with Crippen LogP contribution in [-0.2, 0) is 0 Å². The van der Waals surface area contributed by atoms with Gasteiger partial charge in [0.25, 0.3) is 0 Å². The van der Waals surface area contributed by atoms with Gasteiger partial charge in [-0.1, -0.05) is 6.92 Å². The standard InChI is InChI=1S/C11H20N4S/c1-4-12-11(13-5-2)15-8-9(3)10-14-6-7-16-10/h6-7,9H,4-5,8H2,1-3H3,(H2,12,13,15)/t9-/m0/s1. The van der Waals surface area contributed by atoms with Crippen LogP contribution in [0.3, 0.4) is 0 Å². The SMILES string of the molecule is CCNC(=NC[C@H](C)c1nccs1)NCC. The molecule has 0 fully saturated rings. The molecule has 16 heavy (non-hydrogen) atoms. The zero-order valence-electron chi connectivity index (χ0n) is 10.2. The van der Waals surface area contributed by atoms with Crippen LogP contribution in [0, 0.1) is 0 Å². The number of nitrogens with one attached hydrogen (secondary N) is 2. The molecule has 1 rings (SSSR count). The predicted molar refractivity (Wildman–Crippen MR) is 70.2 cm³/mol. The molecule has 90 valence electrons. The maximum atomic E-state index is 4.52. The summed E-state index contributed by atoms with van der Waals surface area (Å²) in [4.78, 5) is 8.81. The lowest BCUT2D eigenvalue weighted by molar-refractivity contribution is 0.747. The van der Waals surface area contributed by atoms with Gasteiger partial charge in [0.1, 0.15) is 0 Å². The minimum absolute atomic E-state index is 0.382. The van der Waals surface area contributed by atoms with Crippen molar-refractivity contribution in [2.75, 3.05) is 19.6 Å². The molecule has 2 N–H and O–H groups in total. The highest BCUT2D eigenvalue weighted by molar-refractivity contribution is 7.09. The maximum absolute atomic E-state index is 4.52. The topological polar surface area (TPSA) is 49.3 Å². The van der Waals surface area contributed by atoms with Gasteiger partial charge in [-0.25, -0.2) is 4.98 Å². The minimum Gasteiger partial charge on any atom is -0.357 e. The van der Waals surface area contributed by atoms with E-state index in [4.69, 9.17) is 0 Å². The second kappa shape index (κ2) is 7.22. The summed E-state index contributed by atoms with van der Waals surface area (Å²) in [7, 11) is 0. The average Bonchev–Trinajstić information content (AvgIpc) is 2.79. The van der Waals surface area contributed by atoms with E-state index in [1.165, 1.54) is 0 Å². The molecule has 0 radical (unpaired) electrons. The maximum Gasteiger partial charge on any atom is 0.191 e. The zero-order chi connectivity index (χ0) is 11.8. The van der Waals surface area contributed by atoms with Crippen LogP contribution in [0.4, 0.5) is 0 Å². The molecule has 5 heteroatoms. The van der Waals surface area contributed by atoms with E-state index in [-0.39, 0.29) is 0 Å². The molecule has 0 amide bonds. The summed E-state index contributed by atoms with van der Waals surface area (Å²) >= 11 is 1.69. The molecule has 1 aromatic rings. The van der Waals surface area contributed by atoms with Gasteiger partial charge in [-0.2, -0.15) is 0 Å². The Morgan fingerprint density at radius 2 is 2.12 bits per heavy atom. The van der Waals surface area contributed by atoms with Crippen molar-refractivity contribution in [2.45, 2.75) is 26.7 Å². The molecule has 1 heterocycles. The summed E-state index contributed by atoms with van der Waals surface area (Å²) < 4.78 is 0. The highest BCUT2D eigenvalue weighted by Crippen LogP contribution is 2.17. The van der Waals surface area contributed by atoms with Gasteiger partial charge < -0.3 is 10.6 Å². The van der Waals surface area contributed by atoms with Crippen molar-refractivity contribution in [3.8, 4) is 0 Å². The second-order valence-corrected chi connectivity index (χ2v) is 4.45. The predicted octanol–water partition coefficient (Wildman–Crippen LogP) is 1.82. The number of hydrogen-bond donors (Lipinski definition) is 2. The minimum atomic E-state index is 0.382. The highest BCUT2D eigenvalue weighted by atomic mass is 32.1. The summed E-state index contributed by atoms with van der Waals surface area (Å²) in [5.74, 6) is 1.26. The van der Waals surface area contributed by atoms with Gasteiger partial charge in [-0.15, -0.1) is 11.3 Å². The summed E-state index contributed by atoms with van der Waals surface area (Å²) in [6.45, 7) is 8.82. The van der Waals surface area contributed by atoms with Crippen molar-refractivity contribution < 1.29 is 0 Å². The van der Waals surface area contributed by atoms with Gasteiger partial charge >= 0.3 is 0 Å². The van der Waals surface area contributed by atoms with Gasteiger partial charge in [0, 0.05) is 30.6 Å². The van der Waals surface area contributed by atoms with Crippen LogP contribution in [0.25, 0.3) is 0 Å². The van der Waals surface area contributed by atoms with E-state index >= 15 is 0 Å². The number of aromatic nitrogens is 1. The normalized spacial score (nSPS) is 11.9. The molecule has 0 aliphatic carbocycles. The summed E-state index contributed by atoms with van der Waals surface area (Å²) in [6.07, 6.45) is 1.84. The Labute approximate surface area is 101 Å². The van der Waals surface area contributed by atoms with Gasteiger partial charge in [-0.3, -0.25) is 4.99 Å². The monoisotopic (exact) mass is 240 g/mol. The van der Waals surface area contributed by atoms with E-state index in [9.17, 15) is 0 Å². The Balaban J connectivity index is 2.48. The molecule has 1 atom stereocenters. The number of hydrogen-bond acceptors (Lipinski definition) is 3. The third kappa shape index (κ3) is 4.18. The molecule has 0 spiro atoms. The fourth-order valence-corrected chi connectivity index (χ4v) is 1.98. The van der Waals surface area contributed by atoms with Crippen molar-refractivity contribution in [2.24, 2.45) is 4.99 Å². The van der Waals surface area contributed by atoms with Crippen LogP contribution < -0.4 is 10.6 Å². The lowest BCUT2D eigenvalue weighted by Gasteiger charge is -2.10. The quantitative estimate of drug-likeness (QED) is 0.610. The molecular formula is C11H20N4S. The smallest absolute Gasteiger partial charge is 0.191 e. The van der Waals surface area contributed by atoms with E-state index < -0.39 is 0 Å². The van der Waals surface area contributed by atoms with Crippen molar-refractivity contribution >= 4 is 17.3 Å². The molecular weight excluding hydrogens is 220 g/mol. The van der Waals surface area contributed by atoms with Crippen molar-refractivity contribution in [3.63, 3.8) is 0 Å². The van der Waals surface area contributed by atoms with Crippen LogP contribution in [0.5, 0.6) is 0 Å². The summed E-state index contributed by atoms with van der Waals surface area (Å²) in [6, 6.07) is 0. The first-order valence-electron chi connectivity index (χ1n) is 5.69. The first-order chi connectivity index (χ1) is 7.77. The number of aliphatic imine (C=N–C) groups is 1. The Morgan fingerprint density at radius 1 is 1.44 bits per heavy atom. The number of rotatable bonds is 5. The lowest BCUT2D eigenvalue weighted by atomic mass is 10.2. The van der Waals surface area contributed by atoms with Gasteiger partial charge in [0.05, 0.1) is 11.6 Å². The zero-order valence-corrected chi connectivity index (χ0v) is 11.0. The Kier molecular flexibility index (Phi) is 5.85. The molecule has 0 aromatic carbocycles. The van der Waals surface area contributed by atoms with E-state index in [0.717, 1.165) is 30.6 Å². The second-order valence-electron chi connectivity index (χ2n) is 3.52. The molecule has 0 saturated carbocycles. The third-order valence-corrected chi connectivity index (χ3v) is 3.09. The summed E-state index contributed by atoms with van der Waals surface area (Å²) in [5.41, 5.74) is 0. The number of nitrogens with zero attached hydrogens (tertiary/aromatic N) is 2. The summed E-state index contributed by atoms with van der Waals surface area (Å²) in [5, 5.41) is 9.57. The molecule has 0 aliphatic heterocycles. The van der Waals surface area contributed by atoms with Crippen molar-refractivity contribution in [1.29, 1.82) is 0 Å². The number of guanidine groups is 1. The molecule has 0 unspecified atom stereocenters. The van der Waals surface area contributed by atoms with Crippen LogP contribution in [0.2, 0.25) is 0 Å². The van der Waals surface area contributed by atoms with Gasteiger partial charge in [-0.05, 0) is 13.8 Å². The Hall–Kier alpha value is -1.10. The molecule has 1 aromatic heterocycles. The molecule has 0 aliphatic rings. The van der Waals surface area contributed by atoms with Gasteiger partial charge in [0.2, 0.25) is 0 Å². The van der Waals surface area contributed by atoms with E-state index in [1.54, 1.807) is 11.3 Å². The van der Waals surface area contributed by atoms with Crippen LogP contribution >= 0.6 is 11.3 Å². The Bertz CT molecular complexity index is 300. The van der Waals surface area contributed by atoms with E-state index in [2.05, 4.69) is 41.4 Å². The average molecular weight is 240 g/mol. The van der Waals surface area contributed by atoms with E-state index in [1.807, 2.05) is 11.6 Å². The third-order valence-electron chi connectivity index (χ3n) is 2.08. The largest absolute Gasteiger partial charge is 0.357 e.